The number of nitrogens with two attached hydrogens (primary N) is 1. The Balaban J connectivity index is 1.55. The van der Waals surface area contributed by atoms with Crippen molar-refractivity contribution in [1.82, 2.24) is 5.32 Å². The van der Waals surface area contributed by atoms with Crippen molar-refractivity contribution in [3.8, 4) is 11.5 Å². The van der Waals surface area contributed by atoms with Gasteiger partial charge in [-0.25, -0.2) is 4.79 Å². The number of anilines is 1. The molecule has 1 fully saturated rings. The van der Waals surface area contributed by atoms with Crippen LogP contribution in [0.2, 0.25) is 0 Å². The Kier molecular flexibility index (Phi) is 6.82. The van der Waals surface area contributed by atoms with Crippen LogP contribution in [0.4, 0.5) is 10.5 Å². The summed E-state index contributed by atoms with van der Waals surface area (Å²) >= 11 is 0. The number of aliphatic hydroxyl groups is 1. The van der Waals surface area contributed by atoms with Gasteiger partial charge in [-0.3, -0.25) is 4.79 Å². The summed E-state index contributed by atoms with van der Waals surface area (Å²) in [6.45, 7) is 5.23. The normalized spacial score (nSPS) is 15.7. The largest absolute Gasteiger partial charge is 0.457 e. The summed E-state index contributed by atoms with van der Waals surface area (Å²) < 4.78 is 11.1. The van der Waals surface area contributed by atoms with E-state index >= 15 is 0 Å². The number of carbonyl (C=O) groups is 2. The van der Waals surface area contributed by atoms with Crippen LogP contribution >= 0.6 is 0 Å². The van der Waals surface area contributed by atoms with E-state index in [1.165, 1.54) is 0 Å². The average molecular weight is 428 g/mol. The minimum absolute atomic E-state index is 0.290. The van der Waals surface area contributed by atoms with Gasteiger partial charge in [0.1, 0.15) is 11.5 Å². The smallest absolute Gasteiger partial charge is 0.319 e. The molecule has 5 N–H and O–H groups in total. The van der Waals surface area contributed by atoms with Gasteiger partial charge < -0.3 is 30.9 Å². The van der Waals surface area contributed by atoms with Crippen LogP contribution in [-0.2, 0) is 4.74 Å². The van der Waals surface area contributed by atoms with Gasteiger partial charge in [0.2, 0.25) is 0 Å². The fourth-order valence-corrected chi connectivity index (χ4v) is 3.52. The molecule has 8 heteroatoms. The first-order valence-corrected chi connectivity index (χ1v) is 10.2. The van der Waals surface area contributed by atoms with E-state index in [2.05, 4.69) is 10.6 Å². The molecule has 8 nitrogen and oxygen atoms in total. The fourth-order valence-electron chi connectivity index (χ4n) is 3.52. The van der Waals surface area contributed by atoms with Gasteiger partial charge in [0.15, 0.2) is 0 Å². The van der Waals surface area contributed by atoms with Gasteiger partial charge >= 0.3 is 6.03 Å². The molecule has 1 heterocycles. The van der Waals surface area contributed by atoms with E-state index < -0.39 is 16.9 Å². The van der Waals surface area contributed by atoms with Crippen LogP contribution in [0.5, 0.6) is 11.5 Å². The maximum Gasteiger partial charge on any atom is 0.319 e. The van der Waals surface area contributed by atoms with Gasteiger partial charge in [-0.2, -0.15) is 0 Å². The molecule has 0 unspecified atom stereocenters. The van der Waals surface area contributed by atoms with Crippen LogP contribution in [0.25, 0.3) is 0 Å². The topological polar surface area (TPSA) is 123 Å². The Labute approximate surface area is 181 Å². The molecule has 3 amide bonds. The third-order valence-electron chi connectivity index (χ3n) is 5.76. The number of carbonyl (C=O) groups excluding carboxylic acids is 2. The van der Waals surface area contributed by atoms with Crippen molar-refractivity contribution in [2.24, 2.45) is 11.1 Å². The Morgan fingerprint density at radius 1 is 1.13 bits per heavy atom. The van der Waals surface area contributed by atoms with E-state index in [0.717, 1.165) is 0 Å². The monoisotopic (exact) mass is 427 g/mol. The second kappa shape index (κ2) is 9.36. The molecule has 0 aliphatic carbocycles. The van der Waals surface area contributed by atoms with Crippen LogP contribution in [0, 0.1) is 5.41 Å². The number of primary amides is 1. The highest BCUT2D eigenvalue weighted by Gasteiger charge is 2.44. The van der Waals surface area contributed by atoms with Crippen LogP contribution in [0.1, 0.15) is 37.0 Å². The van der Waals surface area contributed by atoms with Crippen LogP contribution in [0.3, 0.4) is 0 Å². The van der Waals surface area contributed by atoms with E-state index in [1.807, 2.05) is 13.8 Å². The van der Waals surface area contributed by atoms with Crippen molar-refractivity contribution >= 4 is 17.6 Å². The zero-order chi connectivity index (χ0) is 22.5. The van der Waals surface area contributed by atoms with Gasteiger partial charge in [-0.1, -0.05) is 26.0 Å². The molecule has 1 aliphatic rings. The SMILES string of the molecule is CC(C)(CNC(=O)Nc1ccc(Oc2ccccc2C(N)=O)cc1)C1(O)CCOCC1. The first-order valence-electron chi connectivity index (χ1n) is 10.2. The van der Waals surface area contributed by atoms with Crippen molar-refractivity contribution in [2.45, 2.75) is 32.3 Å². The summed E-state index contributed by atoms with van der Waals surface area (Å²) in [5.41, 5.74) is 4.86. The molecule has 166 valence electrons. The third kappa shape index (κ3) is 5.53. The molecule has 0 saturated carbocycles. The lowest BCUT2D eigenvalue weighted by molar-refractivity contribution is -0.130. The van der Waals surface area contributed by atoms with Crippen molar-refractivity contribution < 1.29 is 24.2 Å². The standard InChI is InChI=1S/C23H29N3O5/c1-22(2,23(29)11-13-30-14-12-23)15-25-21(28)26-16-7-9-17(10-8-16)31-19-6-4-3-5-18(19)20(24)27/h3-10,29H,11-15H2,1-2H3,(H2,24,27)(H2,25,26,28). The highest BCUT2D eigenvalue weighted by Crippen LogP contribution is 2.38. The molecular formula is C23H29N3O5. The lowest BCUT2D eigenvalue weighted by Crippen LogP contribution is -2.54. The summed E-state index contributed by atoms with van der Waals surface area (Å²) in [5, 5.41) is 16.5. The average Bonchev–Trinajstić information content (AvgIpc) is 2.74. The Morgan fingerprint density at radius 2 is 1.77 bits per heavy atom. The number of ether oxygens (including phenoxy) is 2. The van der Waals surface area contributed by atoms with E-state index in [0.29, 0.717) is 49.8 Å². The molecule has 3 rings (SSSR count). The first-order chi connectivity index (χ1) is 14.7. The van der Waals surface area contributed by atoms with Gasteiger partial charge in [0.05, 0.1) is 11.2 Å². The van der Waals surface area contributed by atoms with Crippen LogP contribution in [-0.4, -0.2) is 42.4 Å². The molecule has 2 aromatic carbocycles. The molecule has 0 radical (unpaired) electrons. The lowest BCUT2D eigenvalue weighted by atomic mass is 9.70. The van der Waals surface area contributed by atoms with Crippen LogP contribution < -0.4 is 21.1 Å². The quantitative estimate of drug-likeness (QED) is 0.540. The molecule has 1 saturated heterocycles. The van der Waals surface area contributed by atoms with E-state index in [-0.39, 0.29) is 11.6 Å². The van der Waals surface area contributed by atoms with Crippen molar-refractivity contribution in [1.29, 1.82) is 0 Å². The van der Waals surface area contributed by atoms with Gasteiger partial charge in [-0.15, -0.1) is 0 Å². The molecule has 2 aromatic rings. The molecule has 31 heavy (non-hydrogen) atoms. The molecule has 0 bridgehead atoms. The maximum atomic E-state index is 12.3. The predicted molar refractivity (Wildman–Crippen MR) is 117 cm³/mol. The number of nitrogens with one attached hydrogen (secondary N) is 2. The number of para-hydroxylation sites is 1. The molecule has 0 spiro atoms. The number of amides is 3. The Morgan fingerprint density at radius 3 is 2.42 bits per heavy atom. The summed E-state index contributed by atoms with van der Waals surface area (Å²) in [6, 6.07) is 13.1. The molecule has 0 aromatic heterocycles. The number of benzene rings is 2. The maximum absolute atomic E-state index is 12.3. The third-order valence-corrected chi connectivity index (χ3v) is 5.76. The van der Waals surface area contributed by atoms with Gasteiger partial charge in [0.25, 0.3) is 5.91 Å². The number of rotatable bonds is 7. The van der Waals surface area contributed by atoms with Crippen molar-refractivity contribution in [2.75, 3.05) is 25.1 Å². The number of urea groups is 1. The Bertz CT molecular complexity index is 921. The van der Waals surface area contributed by atoms with Crippen molar-refractivity contribution in [3.63, 3.8) is 0 Å². The molecule has 1 aliphatic heterocycles. The summed E-state index contributed by atoms with van der Waals surface area (Å²) in [5.74, 6) is 0.295. The molecular weight excluding hydrogens is 398 g/mol. The zero-order valence-corrected chi connectivity index (χ0v) is 17.8. The first kappa shape index (κ1) is 22.6. The minimum atomic E-state index is -0.876. The number of hydrogen-bond acceptors (Lipinski definition) is 5. The summed E-state index contributed by atoms with van der Waals surface area (Å²) in [4.78, 5) is 23.8. The molecule has 0 atom stereocenters. The highest BCUT2D eigenvalue weighted by atomic mass is 16.5. The van der Waals surface area contributed by atoms with Crippen LogP contribution in [0.15, 0.2) is 48.5 Å². The second-order valence-corrected chi connectivity index (χ2v) is 8.32. The van der Waals surface area contributed by atoms with Crippen molar-refractivity contribution in [3.05, 3.63) is 54.1 Å². The fraction of sp³-hybridized carbons (Fsp3) is 0.391. The zero-order valence-electron chi connectivity index (χ0n) is 17.8. The van der Waals surface area contributed by atoms with Gasteiger partial charge in [0, 0.05) is 43.7 Å². The van der Waals surface area contributed by atoms with Gasteiger partial charge in [-0.05, 0) is 36.4 Å². The Hall–Kier alpha value is -3.10. The summed E-state index contributed by atoms with van der Waals surface area (Å²) in [6.07, 6.45) is 1.09. The minimum Gasteiger partial charge on any atom is -0.457 e. The highest BCUT2D eigenvalue weighted by molar-refractivity contribution is 5.95. The number of hydrogen-bond donors (Lipinski definition) is 4. The lowest BCUT2D eigenvalue weighted by Gasteiger charge is -2.45. The van der Waals surface area contributed by atoms with E-state index in [9.17, 15) is 14.7 Å². The predicted octanol–water partition coefficient (Wildman–Crippen LogP) is 3.27. The van der Waals surface area contributed by atoms with E-state index in [4.69, 9.17) is 15.2 Å². The van der Waals surface area contributed by atoms with E-state index in [1.54, 1.807) is 48.5 Å². The second-order valence-electron chi connectivity index (χ2n) is 8.32. The summed E-state index contributed by atoms with van der Waals surface area (Å²) in [7, 11) is 0.